The maximum absolute atomic E-state index is 11.5. The molecule has 0 bridgehead atoms. The Morgan fingerprint density at radius 3 is 2.42 bits per heavy atom. The van der Waals surface area contributed by atoms with Gasteiger partial charge >= 0.3 is 5.97 Å². The van der Waals surface area contributed by atoms with Gasteiger partial charge in [-0.15, -0.1) is 0 Å². The van der Waals surface area contributed by atoms with Crippen LogP contribution in [0.25, 0.3) is 6.08 Å². The van der Waals surface area contributed by atoms with Gasteiger partial charge in [-0.05, 0) is 23.8 Å². The average molecular weight is 265 g/mol. The first-order valence-electron chi connectivity index (χ1n) is 5.61. The SMILES string of the molecule is COC(=O)/C(=C/c1ccc(OC)cc1)CC[N+](=O)[O-]. The molecule has 0 unspecified atom stereocenters. The highest BCUT2D eigenvalue weighted by atomic mass is 16.6. The molecule has 0 N–H and O–H groups in total. The van der Waals surface area contributed by atoms with Crippen molar-refractivity contribution in [1.29, 1.82) is 0 Å². The second kappa shape index (κ2) is 7.15. The number of ether oxygens (including phenoxy) is 2. The van der Waals surface area contributed by atoms with E-state index in [4.69, 9.17) is 4.74 Å². The highest BCUT2D eigenvalue weighted by molar-refractivity contribution is 5.93. The maximum Gasteiger partial charge on any atom is 0.333 e. The summed E-state index contributed by atoms with van der Waals surface area (Å²) in [5, 5.41) is 10.4. The fraction of sp³-hybridized carbons (Fsp3) is 0.308. The van der Waals surface area contributed by atoms with Gasteiger partial charge in [-0.25, -0.2) is 4.79 Å². The van der Waals surface area contributed by atoms with E-state index in [1.54, 1.807) is 37.5 Å². The number of rotatable bonds is 6. The van der Waals surface area contributed by atoms with Crippen molar-refractivity contribution in [2.75, 3.05) is 20.8 Å². The number of hydrogen-bond acceptors (Lipinski definition) is 5. The van der Waals surface area contributed by atoms with Crippen LogP contribution < -0.4 is 4.74 Å². The van der Waals surface area contributed by atoms with Gasteiger partial charge < -0.3 is 9.47 Å². The summed E-state index contributed by atoms with van der Waals surface area (Å²) < 4.78 is 9.63. The molecule has 0 saturated heterocycles. The predicted molar refractivity (Wildman–Crippen MR) is 69.5 cm³/mol. The number of nitrogens with zero attached hydrogens (tertiary/aromatic N) is 1. The van der Waals surface area contributed by atoms with Gasteiger partial charge in [-0.2, -0.15) is 0 Å². The van der Waals surface area contributed by atoms with E-state index < -0.39 is 10.9 Å². The van der Waals surface area contributed by atoms with E-state index in [0.717, 1.165) is 5.56 Å². The van der Waals surface area contributed by atoms with Crippen molar-refractivity contribution in [2.45, 2.75) is 6.42 Å². The molecule has 0 aliphatic carbocycles. The molecule has 0 aromatic heterocycles. The fourth-order valence-corrected chi connectivity index (χ4v) is 1.48. The molecular weight excluding hydrogens is 250 g/mol. The maximum atomic E-state index is 11.5. The van der Waals surface area contributed by atoms with E-state index in [9.17, 15) is 14.9 Å². The van der Waals surface area contributed by atoms with Gasteiger partial charge in [0.2, 0.25) is 6.54 Å². The third-order valence-corrected chi connectivity index (χ3v) is 2.47. The molecule has 0 radical (unpaired) electrons. The van der Waals surface area contributed by atoms with Gasteiger partial charge in [0, 0.05) is 16.9 Å². The first-order chi connectivity index (χ1) is 9.06. The van der Waals surface area contributed by atoms with Crippen molar-refractivity contribution in [2.24, 2.45) is 0 Å². The van der Waals surface area contributed by atoms with Crippen molar-refractivity contribution < 1.29 is 19.2 Å². The van der Waals surface area contributed by atoms with Crippen LogP contribution in [-0.4, -0.2) is 31.7 Å². The van der Waals surface area contributed by atoms with Crippen LogP contribution in [0.3, 0.4) is 0 Å². The topological polar surface area (TPSA) is 78.7 Å². The lowest BCUT2D eigenvalue weighted by Gasteiger charge is -2.04. The van der Waals surface area contributed by atoms with Crippen LogP contribution in [-0.2, 0) is 9.53 Å². The Hall–Kier alpha value is -2.37. The third kappa shape index (κ3) is 4.79. The van der Waals surface area contributed by atoms with Crippen molar-refractivity contribution in [3.8, 4) is 5.75 Å². The molecular formula is C13H15NO5. The first-order valence-corrected chi connectivity index (χ1v) is 5.61. The number of carbonyl (C=O) groups excluding carboxylic acids is 1. The van der Waals surface area contributed by atoms with Gasteiger partial charge in [0.15, 0.2) is 0 Å². The second-order valence-electron chi connectivity index (χ2n) is 3.74. The lowest BCUT2D eigenvalue weighted by molar-refractivity contribution is -0.479. The van der Waals surface area contributed by atoms with Crippen molar-refractivity contribution in [3.05, 3.63) is 45.5 Å². The number of methoxy groups -OCH3 is 2. The van der Waals surface area contributed by atoms with Gasteiger partial charge in [0.1, 0.15) is 5.75 Å². The Kier molecular flexibility index (Phi) is 5.53. The number of benzene rings is 1. The summed E-state index contributed by atoms with van der Waals surface area (Å²) in [5.74, 6) is 0.139. The van der Waals surface area contributed by atoms with E-state index in [1.165, 1.54) is 7.11 Å². The van der Waals surface area contributed by atoms with E-state index in [1.807, 2.05) is 0 Å². The highest BCUT2D eigenvalue weighted by Gasteiger charge is 2.12. The Balaban J connectivity index is 2.90. The molecule has 0 amide bonds. The van der Waals surface area contributed by atoms with Crippen LogP contribution in [0.5, 0.6) is 5.75 Å². The zero-order chi connectivity index (χ0) is 14.3. The lowest BCUT2D eigenvalue weighted by Crippen LogP contribution is -2.10. The summed E-state index contributed by atoms with van der Waals surface area (Å²) in [6, 6.07) is 7.00. The van der Waals surface area contributed by atoms with Crippen LogP contribution in [0.4, 0.5) is 0 Å². The molecule has 0 aliphatic heterocycles. The molecule has 0 spiro atoms. The van der Waals surface area contributed by atoms with E-state index >= 15 is 0 Å². The molecule has 0 fully saturated rings. The Morgan fingerprint density at radius 2 is 1.95 bits per heavy atom. The molecule has 6 heteroatoms. The van der Waals surface area contributed by atoms with E-state index in [0.29, 0.717) is 5.75 Å². The van der Waals surface area contributed by atoms with Crippen LogP contribution in [0.15, 0.2) is 29.8 Å². The Morgan fingerprint density at radius 1 is 1.32 bits per heavy atom. The summed E-state index contributed by atoms with van der Waals surface area (Å²) in [7, 11) is 2.80. The minimum Gasteiger partial charge on any atom is -0.497 e. The fourth-order valence-electron chi connectivity index (χ4n) is 1.48. The highest BCUT2D eigenvalue weighted by Crippen LogP contribution is 2.16. The predicted octanol–water partition coefficient (Wildman–Crippen LogP) is 1.92. The molecule has 1 aromatic carbocycles. The monoisotopic (exact) mass is 265 g/mol. The zero-order valence-electron chi connectivity index (χ0n) is 10.8. The number of nitro groups is 1. The summed E-state index contributed by atoms with van der Waals surface area (Å²) in [5.41, 5.74) is 1.02. The minimum absolute atomic E-state index is 0.0334. The number of hydrogen-bond donors (Lipinski definition) is 0. The van der Waals surface area contributed by atoms with Gasteiger partial charge in [0.25, 0.3) is 0 Å². The Labute approximate surface area is 110 Å². The van der Waals surface area contributed by atoms with Gasteiger partial charge in [0.05, 0.1) is 14.2 Å². The molecule has 6 nitrogen and oxygen atoms in total. The molecule has 0 heterocycles. The molecule has 1 rings (SSSR count). The third-order valence-electron chi connectivity index (χ3n) is 2.47. The van der Waals surface area contributed by atoms with Gasteiger partial charge in [-0.3, -0.25) is 10.1 Å². The van der Waals surface area contributed by atoms with Crippen LogP contribution in [0, 0.1) is 10.1 Å². The van der Waals surface area contributed by atoms with E-state index in [-0.39, 0.29) is 18.5 Å². The van der Waals surface area contributed by atoms with Crippen molar-refractivity contribution >= 4 is 12.0 Å². The normalized spacial score (nSPS) is 10.9. The largest absolute Gasteiger partial charge is 0.497 e. The van der Waals surface area contributed by atoms with Crippen molar-refractivity contribution in [1.82, 2.24) is 0 Å². The number of esters is 1. The minimum atomic E-state index is -0.558. The molecule has 19 heavy (non-hydrogen) atoms. The molecule has 0 aliphatic rings. The molecule has 102 valence electrons. The van der Waals surface area contributed by atoms with E-state index in [2.05, 4.69) is 4.74 Å². The zero-order valence-corrected chi connectivity index (χ0v) is 10.8. The number of carbonyl (C=O) groups is 1. The summed E-state index contributed by atoms with van der Waals surface area (Å²) >= 11 is 0. The molecule has 0 saturated carbocycles. The summed E-state index contributed by atoms with van der Waals surface area (Å²) in [4.78, 5) is 21.4. The van der Waals surface area contributed by atoms with Crippen LogP contribution >= 0.6 is 0 Å². The Bertz CT molecular complexity index is 478. The molecule has 0 atom stereocenters. The van der Waals surface area contributed by atoms with Gasteiger partial charge in [-0.1, -0.05) is 12.1 Å². The quantitative estimate of drug-likeness (QED) is 0.340. The van der Waals surface area contributed by atoms with Crippen LogP contribution in [0.1, 0.15) is 12.0 Å². The smallest absolute Gasteiger partial charge is 0.333 e. The second-order valence-corrected chi connectivity index (χ2v) is 3.74. The average Bonchev–Trinajstić information content (AvgIpc) is 2.43. The summed E-state index contributed by atoms with van der Waals surface area (Å²) in [6.07, 6.45) is 1.61. The molecule has 1 aromatic rings. The lowest BCUT2D eigenvalue weighted by atomic mass is 10.1. The first kappa shape index (κ1) is 14.7. The summed E-state index contributed by atoms with van der Waals surface area (Å²) in [6.45, 7) is -0.308. The van der Waals surface area contributed by atoms with Crippen LogP contribution in [0.2, 0.25) is 0 Å². The van der Waals surface area contributed by atoms with Crippen molar-refractivity contribution in [3.63, 3.8) is 0 Å². The standard InChI is InChI=1S/C13H15NO5/c1-18-12-5-3-10(4-6-12)9-11(13(15)19-2)7-8-14(16)17/h3-6,9H,7-8H2,1-2H3/b11-9+.